The molecule has 6 rings (SSSR count). The van der Waals surface area contributed by atoms with Gasteiger partial charge in [-0.1, -0.05) is 48.0 Å². The number of imidazole rings is 1. The molecule has 3 aromatic carbocycles. The Bertz CT molecular complexity index is 1460. The largest absolute Gasteiger partial charge is 0.459 e. The van der Waals surface area contributed by atoms with Crippen LogP contribution in [0.1, 0.15) is 12.8 Å². The van der Waals surface area contributed by atoms with Gasteiger partial charge in [-0.15, -0.1) is 0 Å². The third kappa shape index (κ3) is 4.60. The van der Waals surface area contributed by atoms with Gasteiger partial charge in [0.1, 0.15) is 12.4 Å². The number of ether oxygens (including phenoxy) is 2. The standard InChI is InChI=1S/C28H24ClN3O4/c29-24-14-26-25(31-28(32-26)36-22-10-9-21(15-33)35-16-22)13-23(24)19-5-1-17(2-6-19)18-3-7-20(8-4-18)27-30-11-12-34-27/h1-8,11-14,21-22,33H,9-10,15-16H2,(H,31,32)/t21?,22-/m1/s1. The van der Waals surface area contributed by atoms with Crippen LogP contribution in [-0.4, -0.2) is 45.5 Å². The van der Waals surface area contributed by atoms with E-state index in [0.717, 1.165) is 51.7 Å². The molecule has 1 aliphatic rings. The number of aromatic nitrogens is 3. The zero-order chi connectivity index (χ0) is 24.5. The van der Waals surface area contributed by atoms with Gasteiger partial charge in [-0.25, -0.2) is 4.98 Å². The molecule has 2 atom stereocenters. The molecule has 0 aliphatic carbocycles. The van der Waals surface area contributed by atoms with Gasteiger partial charge >= 0.3 is 0 Å². The highest BCUT2D eigenvalue weighted by molar-refractivity contribution is 6.34. The molecule has 3 heterocycles. The minimum absolute atomic E-state index is 0.0371. The van der Waals surface area contributed by atoms with E-state index in [-0.39, 0.29) is 18.8 Å². The lowest BCUT2D eigenvalue weighted by atomic mass is 9.99. The van der Waals surface area contributed by atoms with Crippen molar-refractivity contribution in [3.05, 3.63) is 78.1 Å². The number of nitrogens with zero attached hydrogens (tertiary/aromatic N) is 2. The van der Waals surface area contributed by atoms with Crippen molar-refractivity contribution in [2.45, 2.75) is 25.0 Å². The van der Waals surface area contributed by atoms with E-state index in [1.807, 2.05) is 24.3 Å². The smallest absolute Gasteiger partial charge is 0.294 e. The van der Waals surface area contributed by atoms with Crippen LogP contribution in [0, 0.1) is 0 Å². The van der Waals surface area contributed by atoms with Crippen molar-refractivity contribution >= 4 is 22.6 Å². The number of halogens is 1. The Labute approximate surface area is 212 Å². The number of aliphatic hydroxyl groups is 1. The van der Waals surface area contributed by atoms with Gasteiger partial charge < -0.3 is 24.0 Å². The van der Waals surface area contributed by atoms with Crippen LogP contribution in [0.4, 0.5) is 0 Å². The van der Waals surface area contributed by atoms with Gasteiger partial charge in [-0.3, -0.25) is 0 Å². The van der Waals surface area contributed by atoms with Crippen LogP contribution in [0.2, 0.25) is 5.02 Å². The molecule has 0 bridgehead atoms. The molecular formula is C28H24ClN3O4. The fraction of sp³-hybridized carbons (Fsp3) is 0.214. The highest BCUT2D eigenvalue weighted by atomic mass is 35.5. The molecule has 0 saturated carbocycles. The maximum atomic E-state index is 9.22. The highest BCUT2D eigenvalue weighted by Gasteiger charge is 2.23. The summed E-state index contributed by atoms with van der Waals surface area (Å²) in [6.07, 6.45) is 4.58. The number of hydrogen-bond donors (Lipinski definition) is 2. The second-order valence-corrected chi connectivity index (χ2v) is 9.25. The van der Waals surface area contributed by atoms with E-state index < -0.39 is 0 Å². The second kappa shape index (κ2) is 9.78. The summed E-state index contributed by atoms with van der Waals surface area (Å²) in [5.41, 5.74) is 6.64. The number of H-pyrrole nitrogens is 1. The fourth-order valence-corrected chi connectivity index (χ4v) is 4.75. The van der Waals surface area contributed by atoms with Gasteiger partial charge in [-0.2, -0.15) is 4.98 Å². The van der Waals surface area contributed by atoms with Crippen molar-refractivity contribution in [3.63, 3.8) is 0 Å². The lowest BCUT2D eigenvalue weighted by molar-refractivity contribution is -0.0672. The molecule has 1 fully saturated rings. The Morgan fingerprint density at radius 2 is 1.69 bits per heavy atom. The molecule has 1 unspecified atom stereocenters. The molecule has 8 heteroatoms. The van der Waals surface area contributed by atoms with Crippen molar-refractivity contribution in [3.8, 4) is 39.7 Å². The van der Waals surface area contributed by atoms with Crippen LogP contribution in [0.25, 0.3) is 44.7 Å². The van der Waals surface area contributed by atoms with E-state index >= 15 is 0 Å². The number of fused-ring (bicyclic) bond motifs is 1. The monoisotopic (exact) mass is 501 g/mol. The van der Waals surface area contributed by atoms with Crippen molar-refractivity contribution in [1.29, 1.82) is 0 Å². The first-order valence-corrected chi connectivity index (χ1v) is 12.2. The first-order chi connectivity index (χ1) is 17.7. The summed E-state index contributed by atoms with van der Waals surface area (Å²) in [6, 6.07) is 20.7. The Hall–Kier alpha value is -3.65. The summed E-state index contributed by atoms with van der Waals surface area (Å²) in [5.74, 6) is 0.608. The van der Waals surface area contributed by atoms with Crippen LogP contribution in [0.3, 0.4) is 0 Å². The summed E-state index contributed by atoms with van der Waals surface area (Å²) in [5, 5.41) is 9.85. The van der Waals surface area contributed by atoms with Crippen LogP contribution >= 0.6 is 11.6 Å². The van der Waals surface area contributed by atoms with Crippen molar-refractivity contribution in [2.24, 2.45) is 0 Å². The SMILES string of the molecule is OCC1CC[C@@H](Oc2nc3cc(-c4ccc(-c5ccc(-c6ncco6)cc5)cc4)c(Cl)cc3[nH]2)CO1. The molecule has 36 heavy (non-hydrogen) atoms. The van der Waals surface area contributed by atoms with E-state index in [9.17, 15) is 5.11 Å². The van der Waals surface area contributed by atoms with Crippen molar-refractivity contribution in [2.75, 3.05) is 13.2 Å². The molecule has 182 valence electrons. The van der Waals surface area contributed by atoms with E-state index in [1.54, 1.807) is 12.5 Å². The summed E-state index contributed by atoms with van der Waals surface area (Å²) in [6.45, 7) is 0.471. The Morgan fingerprint density at radius 1 is 0.972 bits per heavy atom. The molecule has 0 radical (unpaired) electrons. The third-order valence-corrected chi connectivity index (χ3v) is 6.77. The molecule has 5 aromatic rings. The van der Waals surface area contributed by atoms with Crippen LogP contribution in [-0.2, 0) is 4.74 Å². The van der Waals surface area contributed by atoms with Crippen LogP contribution in [0.15, 0.2) is 77.5 Å². The minimum Gasteiger partial charge on any atom is -0.459 e. The number of aliphatic hydroxyl groups excluding tert-OH is 1. The Balaban J connectivity index is 1.20. The fourth-order valence-electron chi connectivity index (χ4n) is 4.47. The first-order valence-electron chi connectivity index (χ1n) is 11.9. The predicted molar refractivity (Wildman–Crippen MR) is 138 cm³/mol. The summed E-state index contributed by atoms with van der Waals surface area (Å²) in [7, 11) is 0. The second-order valence-electron chi connectivity index (χ2n) is 8.84. The third-order valence-electron chi connectivity index (χ3n) is 6.45. The van der Waals surface area contributed by atoms with Gasteiger partial charge in [0.2, 0.25) is 5.89 Å². The minimum atomic E-state index is -0.105. The van der Waals surface area contributed by atoms with E-state index in [4.69, 9.17) is 25.5 Å². The van der Waals surface area contributed by atoms with Gasteiger partial charge in [0.05, 0.1) is 41.6 Å². The zero-order valence-electron chi connectivity index (χ0n) is 19.4. The molecule has 2 aromatic heterocycles. The first kappa shape index (κ1) is 22.8. The Morgan fingerprint density at radius 3 is 2.33 bits per heavy atom. The molecule has 1 saturated heterocycles. The van der Waals surface area contributed by atoms with Crippen molar-refractivity contribution in [1.82, 2.24) is 15.0 Å². The number of rotatable bonds is 6. The average molecular weight is 502 g/mol. The summed E-state index contributed by atoms with van der Waals surface area (Å²) < 4.78 is 17.0. The molecular weight excluding hydrogens is 478 g/mol. The number of oxazole rings is 1. The maximum Gasteiger partial charge on any atom is 0.294 e. The Kier molecular flexibility index (Phi) is 6.19. The topological polar surface area (TPSA) is 93.4 Å². The zero-order valence-corrected chi connectivity index (χ0v) is 20.1. The van der Waals surface area contributed by atoms with E-state index in [2.05, 4.69) is 51.4 Å². The normalized spacial score (nSPS) is 17.9. The number of benzene rings is 3. The highest BCUT2D eigenvalue weighted by Crippen LogP contribution is 2.34. The number of nitrogens with one attached hydrogen (secondary N) is 1. The average Bonchev–Trinajstić information content (AvgIpc) is 3.59. The van der Waals surface area contributed by atoms with E-state index in [0.29, 0.717) is 23.5 Å². The van der Waals surface area contributed by atoms with Crippen LogP contribution < -0.4 is 4.74 Å². The molecule has 2 N–H and O–H groups in total. The molecule has 7 nitrogen and oxygen atoms in total. The van der Waals surface area contributed by atoms with Gasteiger partial charge in [0.15, 0.2) is 0 Å². The lowest BCUT2D eigenvalue weighted by Crippen LogP contribution is -2.35. The van der Waals surface area contributed by atoms with Gasteiger partial charge in [-0.05, 0) is 53.8 Å². The van der Waals surface area contributed by atoms with E-state index in [1.165, 1.54) is 0 Å². The summed E-state index contributed by atoms with van der Waals surface area (Å²) in [4.78, 5) is 12.0. The predicted octanol–water partition coefficient (Wildman–Crippen LogP) is 6.12. The maximum absolute atomic E-state index is 9.22. The van der Waals surface area contributed by atoms with Gasteiger partial charge in [0.25, 0.3) is 6.01 Å². The van der Waals surface area contributed by atoms with Gasteiger partial charge in [0, 0.05) is 11.1 Å². The molecule has 0 amide bonds. The lowest BCUT2D eigenvalue weighted by Gasteiger charge is -2.27. The molecule has 1 aliphatic heterocycles. The van der Waals surface area contributed by atoms with Crippen LogP contribution in [0.5, 0.6) is 6.01 Å². The summed E-state index contributed by atoms with van der Waals surface area (Å²) >= 11 is 6.65. The quantitative estimate of drug-likeness (QED) is 0.291. The number of hydrogen-bond acceptors (Lipinski definition) is 6. The number of aromatic amines is 1. The van der Waals surface area contributed by atoms with Crippen molar-refractivity contribution < 1.29 is 19.0 Å². The molecule has 0 spiro atoms.